The second-order valence-electron chi connectivity index (χ2n) is 4.52. The third kappa shape index (κ3) is 5.77. The van der Waals surface area contributed by atoms with Gasteiger partial charge in [-0.3, -0.25) is 4.79 Å². The van der Waals surface area contributed by atoms with Crippen molar-refractivity contribution in [2.24, 2.45) is 0 Å². The lowest BCUT2D eigenvalue weighted by Crippen LogP contribution is -2.01. The van der Waals surface area contributed by atoms with Crippen molar-refractivity contribution >= 4 is 6.29 Å². The topological polar surface area (TPSA) is 35.5 Å². The van der Waals surface area contributed by atoms with Crippen LogP contribution in [0.3, 0.4) is 0 Å². The molecule has 0 saturated carbocycles. The van der Waals surface area contributed by atoms with E-state index in [1.165, 1.54) is 25.7 Å². The Morgan fingerprint density at radius 2 is 1.79 bits per heavy atom. The molecule has 1 rings (SSSR count). The molecule has 0 unspecified atom stereocenters. The first-order valence-electron chi connectivity index (χ1n) is 7.16. The van der Waals surface area contributed by atoms with Gasteiger partial charge in [0, 0.05) is 5.56 Å². The number of hydrogen-bond acceptors (Lipinski definition) is 3. The summed E-state index contributed by atoms with van der Waals surface area (Å²) in [5, 5.41) is 0. The Morgan fingerprint density at radius 1 is 1.00 bits per heavy atom. The molecule has 19 heavy (non-hydrogen) atoms. The maximum absolute atomic E-state index is 10.7. The molecule has 1 aromatic rings. The van der Waals surface area contributed by atoms with Gasteiger partial charge in [-0.05, 0) is 31.5 Å². The summed E-state index contributed by atoms with van der Waals surface area (Å²) in [6, 6.07) is 5.28. The molecule has 0 fully saturated rings. The number of ether oxygens (including phenoxy) is 2. The van der Waals surface area contributed by atoms with Gasteiger partial charge in [-0.2, -0.15) is 0 Å². The minimum Gasteiger partial charge on any atom is -0.490 e. The summed E-state index contributed by atoms with van der Waals surface area (Å²) in [6.45, 7) is 5.39. The van der Waals surface area contributed by atoms with E-state index < -0.39 is 0 Å². The fraction of sp³-hybridized carbons (Fsp3) is 0.562. The predicted octanol–water partition coefficient (Wildman–Crippen LogP) is 4.25. The summed E-state index contributed by atoms with van der Waals surface area (Å²) in [5.74, 6) is 1.38. The van der Waals surface area contributed by atoms with Crippen molar-refractivity contribution in [3.8, 4) is 11.5 Å². The molecule has 3 heteroatoms. The minimum atomic E-state index is 0.565. The first-order chi connectivity index (χ1) is 9.31. The van der Waals surface area contributed by atoms with E-state index in [0.717, 1.165) is 18.5 Å². The normalized spacial score (nSPS) is 10.2. The molecule has 0 aliphatic heterocycles. The van der Waals surface area contributed by atoms with Crippen molar-refractivity contribution in [2.45, 2.75) is 46.0 Å². The van der Waals surface area contributed by atoms with Crippen LogP contribution in [-0.4, -0.2) is 19.5 Å². The highest BCUT2D eigenvalue weighted by atomic mass is 16.5. The summed E-state index contributed by atoms with van der Waals surface area (Å²) in [6.07, 6.45) is 6.88. The maximum atomic E-state index is 10.7. The molecular formula is C16H24O3. The molecule has 106 valence electrons. The molecule has 0 saturated heterocycles. The molecule has 0 spiro atoms. The zero-order chi connectivity index (χ0) is 13.9. The lowest BCUT2D eigenvalue weighted by Gasteiger charge is -2.12. The Kier molecular flexibility index (Phi) is 7.71. The maximum Gasteiger partial charge on any atom is 0.161 e. The van der Waals surface area contributed by atoms with E-state index in [2.05, 4.69) is 6.92 Å². The van der Waals surface area contributed by atoms with Gasteiger partial charge in [-0.1, -0.05) is 32.6 Å². The van der Waals surface area contributed by atoms with Gasteiger partial charge in [0.05, 0.1) is 13.2 Å². The SMILES string of the molecule is CCCCCCCOc1ccc(C=O)cc1OCC. The Morgan fingerprint density at radius 3 is 2.47 bits per heavy atom. The minimum absolute atomic E-state index is 0.565. The van der Waals surface area contributed by atoms with Gasteiger partial charge < -0.3 is 9.47 Å². The summed E-state index contributed by atoms with van der Waals surface area (Å²) in [7, 11) is 0. The van der Waals surface area contributed by atoms with Crippen molar-refractivity contribution < 1.29 is 14.3 Å². The van der Waals surface area contributed by atoms with Gasteiger partial charge in [0.2, 0.25) is 0 Å². The van der Waals surface area contributed by atoms with Crippen LogP contribution < -0.4 is 9.47 Å². The van der Waals surface area contributed by atoms with Crippen molar-refractivity contribution in [3.63, 3.8) is 0 Å². The van der Waals surface area contributed by atoms with Crippen LogP contribution in [0.2, 0.25) is 0 Å². The van der Waals surface area contributed by atoms with Crippen LogP contribution in [0.4, 0.5) is 0 Å². The van der Waals surface area contributed by atoms with Crippen LogP contribution in [0.15, 0.2) is 18.2 Å². The Labute approximate surface area is 115 Å². The molecule has 0 atom stereocenters. The molecule has 0 amide bonds. The van der Waals surface area contributed by atoms with Crippen LogP contribution >= 0.6 is 0 Å². The monoisotopic (exact) mass is 264 g/mol. The number of carbonyl (C=O) groups excluding carboxylic acids is 1. The molecule has 0 aromatic heterocycles. The molecule has 0 aliphatic carbocycles. The van der Waals surface area contributed by atoms with Gasteiger partial charge in [-0.25, -0.2) is 0 Å². The molecule has 0 bridgehead atoms. The van der Waals surface area contributed by atoms with E-state index >= 15 is 0 Å². The van der Waals surface area contributed by atoms with Crippen molar-refractivity contribution in [3.05, 3.63) is 23.8 Å². The highest BCUT2D eigenvalue weighted by Crippen LogP contribution is 2.28. The van der Waals surface area contributed by atoms with Gasteiger partial charge >= 0.3 is 0 Å². The average Bonchev–Trinajstić information content (AvgIpc) is 2.44. The molecule has 0 heterocycles. The second-order valence-corrected chi connectivity index (χ2v) is 4.52. The lowest BCUT2D eigenvalue weighted by atomic mass is 10.2. The van der Waals surface area contributed by atoms with Gasteiger partial charge in [0.15, 0.2) is 11.5 Å². The highest BCUT2D eigenvalue weighted by molar-refractivity contribution is 5.76. The summed E-state index contributed by atoms with van der Waals surface area (Å²) < 4.78 is 11.2. The van der Waals surface area contributed by atoms with Crippen LogP contribution in [0.1, 0.15) is 56.3 Å². The predicted molar refractivity (Wildman–Crippen MR) is 77.3 cm³/mol. The van der Waals surface area contributed by atoms with E-state index in [1.54, 1.807) is 18.2 Å². The third-order valence-corrected chi connectivity index (χ3v) is 2.91. The van der Waals surface area contributed by atoms with Gasteiger partial charge in [-0.15, -0.1) is 0 Å². The molecule has 0 N–H and O–H groups in total. The molecule has 1 aromatic carbocycles. The molecule has 0 radical (unpaired) electrons. The van der Waals surface area contributed by atoms with Crippen molar-refractivity contribution in [2.75, 3.05) is 13.2 Å². The smallest absolute Gasteiger partial charge is 0.161 e. The standard InChI is InChI=1S/C16H24O3/c1-3-5-6-7-8-11-19-15-10-9-14(13-17)12-16(15)18-4-2/h9-10,12-13H,3-8,11H2,1-2H3. The van der Waals surface area contributed by atoms with E-state index in [0.29, 0.717) is 24.5 Å². The fourth-order valence-corrected chi connectivity index (χ4v) is 1.87. The van der Waals surface area contributed by atoms with E-state index in [4.69, 9.17) is 9.47 Å². The quantitative estimate of drug-likeness (QED) is 0.468. The first kappa shape index (κ1) is 15.5. The summed E-state index contributed by atoms with van der Waals surface area (Å²) in [5.41, 5.74) is 0.610. The number of benzene rings is 1. The van der Waals surface area contributed by atoms with Crippen molar-refractivity contribution in [1.29, 1.82) is 0 Å². The molecule has 3 nitrogen and oxygen atoms in total. The first-order valence-corrected chi connectivity index (χ1v) is 7.16. The molecule has 0 aliphatic rings. The van der Waals surface area contributed by atoms with E-state index in [9.17, 15) is 4.79 Å². The second kappa shape index (κ2) is 9.42. The van der Waals surface area contributed by atoms with Gasteiger partial charge in [0.1, 0.15) is 6.29 Å². The van der Waals surface area contributed by atoms with Crippen LogP contribution in [0, 0.1) is 0 Å². The number of carbonyl (C=O) groups is 1. The highest BCUT2D eigenvalue weighted by Gasteiger charge is 2.06. The lowest BCUT2D eigenvalue weighted by molar-refractivity contribution is 0.112. The Balaban J connectivity index is 2.45. The van der Waals surface area contributed by atoms with E-state index in [1.807, 2.05) is 6.92 Å². The van der Waals surface area contributed by atoms with Crippen LogP contribution in [-0.2, 0) is 0 Å². The summed E-state index contributed by atoms with van der Waals surface area (Å²) in [4.78, 5) is 10.7. The Bertz CT molecular complexity index is 374. The van der Waals surface area contributed by atoms with E-state index in [-0.39, 0.29) is 0 Å². The molecular weight excluding hydrogens is 240 g/mol. The zero-order valence-corrected chi connectivity index (χ0v) is 12.0. The largest absolute Gasteiger partial charge is 0.490 e. The summed E-state index contributed by atoms with van der Waals surface area (Å²) >= 11 is 0. The fourth-order valence-electron chi connectivity index (χ4n) is 1.87. The number of unbranched alkanes of at least 4 members (excludes halogenated alkanes) is 4. The van der Waals surface area contributed by atoms with Crippen LogP contribution in [0.25, 0.3) is 0 Å². The number of rotatable bonds is 10. The zero-order valence-electron chi connectivity index (χ0n) is 12.0. The third-order valence-electron chi connectivity index (χ3n) is 2.91. The van der Waals surface area contributed by atoms with Crippen LogP contribution in [0.5, 0.6) is 11.5 Å². The number of hydrogen-bond donors (Lipinski definition) is 0. The van der Waals surface area contributed by atoms with Crippen molar-refractivity contribution in [1.82, 2.24) is 0 Å². The number of aldehydes is 1. The van der Waals surface area contributed by atoms with Gasteiger partial charge in [0.25, 0.3) is 0 Å². The average molecular weight is 264 g/mol. The Hall–Kier alpha value is -1.51.